The Bertz CT molecular complexity index is 567. The number of halogens is 1. The number of carbonyl (C=O) groups is 1. The van der Waals surface area contributed by atoms with E-state index in [1.165, 1.54) is 4.57 Å². The molecule has 90 valence electrons. The summed E-state index contributed by atoms with van der Waals surface area (Å²) in [6.07, 6.45) is 1.63. The van der Waals surface area contributed by atoms with Gasteiger partial charge < -0.3 is 10.5 Å². The fourth-order valence-corrected chi connectivity index (χ4v) is 1.81. The highest BCUT2D eigenvalue weighted by Gasteiger charge is 2.13. The van der Waals surface area contributed by atoms with Crippen LogP contribution in [-0.2, 0) is 16.1 Å². The number of fused-ring (bicyclic) bond motifs is 1. The summed E-state index contributed by atoms with van der Waals surface area (Å²) < 4.78 is 7.20. The molecule has 0 atom stereocenters. The normalized spacial score (nSPS) is 10.7. The smallest absolute Gasteiger partial charge is 0.326 e. The molecule has 0 aliphatic carbocycles. The average Bonchev–Trinajstić information content (AvgIpc) is 2.55. The summed E-state index contributed by atoms with van der Waals surface area (Å²) in [7, 11) is 0. The number of imidazole rings is 1. The molecule has 0 aliphatic rings. The minimum absolute atomic E-state index is 0.0187. The van der Waals surface area contributed by atoms with E-state index in [4.69, 9.17) is 10.5 Å². The lowest BCUT2D eigenvalue weighted by Gasteiger charge is -2.04. The van der Waals surface area contributed by atoms with Gasteiger partial charge in [0.15, 0.2) is 5.65 Å². The number of carbonyl (C=O) groups excluding carboxylic acids is 1. The molecule has 0 fully saturated rings. The summed E-state index contributed by atoms with van der Waals surface area (Å²) in [6, 6.07) is 1.79. The standard InChI is InChI=1S/C10H11BrN4O2/c1-2-17-8(16)5-15-9-7(14-10(15)12)3-6(11)4-13-9/h3-4H,2,5H2,1H3,(H2,12,14). The van der Waals surface area contributed by atoms with Crippen LogP contribution in [0.2, 0.25) is 0 Å². The van der Waals surface area contributed by atoms with Gasteiger partial charge in [0.2, 0.25) is 5.95 Å². The van der Waals surface area contributed by atoms with Crippen LogP contribution in [0, 0.1) is 0 Å². The van der Waals surface area contributed by atoms with Gasteiger partial charge in [0.05, 0.1) is 6.61 Å². The van der Waals surface area contributed by atoms with Crippen molar-refractivity contribution in [2.75, 3.05) is 12.3 Å². The number of nitrogen functional groups attached to an aromatic ring is 1. The van der Waals surface area contributed by atoms with Crippen molar-refractivity contribution in [2.24, 2.45) is 0 Å². The largest absolute Gasteiger partial charge is 0.465 e. The lowest BCUT2D eigenvalue weighted by Crippen LogP contribution is -2.15. The number of hydrogen-bond donors (Lipinski definition) is 1. The van der Waals surface area contributed by atoms with Crippen LogP contribution in [-0.4, -0.2) is 27.1 Å². The van der Waals surface area contributed by atoms with Gasteiger partial charge in [-0.2, -0.15) is 0 Å². The zero-order valence-corrected chi connectivity index (χ0v) is 10.8. The number of nitrogens with two attached hydrogens (primary N) is 1. The van der Waals surface area contributed by atoms with Gasteiger partial charge in [0.25, 0.3) is 0 Å². The fourth-order valence-electron chi connectivity index (χ4n) is 1.50. The number of nitrogens with zero attached hydrogens (tertiary/aromatic N) is 3. The van der Waals surface area contributed by atoms with Crippen LogP contribution in [0.25, 0.3) is 11.2 Å². The van der Waals surface area contributed by atoms with Gasteiger partial charge in [0.1, 0.15) is 12.1 Å². The Labute approximate surface area is 106 Å². The van der Waals surface area contributed by atoms with E-state index < -0.39 is 0 Å². The Balaban J connectivity index is 2.39. The quantitative estimate of drug-likeness (QED) is 0.865. The summed E-state index contributed by atoms with van der Waals surface area (Å²) in [4.78, 5) is 19.7. The monoisotopic (exact) mass is 298 g/mol. The molecular weight excluding hydrogens is 288 g/mol. The minimum Gasteiger partial charge on any atom is -0.465 e. The van der Waals surface area contributed by atoms with Gasteiger partial charge in [-0.3, -0.25) is 9.36 Å². The first kappa shape index (κ1) is 11.8. The third-order valence-electron chi connectivity index (χ3n) is 2.17. The zero-order valence-electron chi connectivity index (χ0n) is 9.18. The highest BCUT2D eigenvalue weighted by Crippen LogP contribution is 2.19. The van der Waals surface area contributed by atoms with Crippen LogP contribution >= 0.6 is 15.9 Å². The fraction of sp³-hybridized carbons (Fsp3) is 0.300. The molecule has 7 heteroatoms. The van der Waals surface area contributed by atoms with Crippen molar-refractivity contribution in [3.63, 3.8) is 0 Å². The van der Waals surface area contributed by atoms with Gasteiger partial charge in [-0.15, -0.1) is 0 Å². The first-order chi connectivity index (χ1) is 8.11. The molecule has 2 N–H and O–H groups in total. The van der Waals surface area contributed by atoms with Crippen LogP contribution in [0.1, 0.15) is 6.92 Å². The van der Waals surface area contributed by atoms with Gasteiger partial charge in [0, 0.05) is 10.7 Å². The third-order valence-corrected chi connectivity index (χ3v) is 2.61. The predicted molar refractivity (Wildman–Crippen MR) is 66.3 cm³/mol. The van der Waals surface area contributed by atoms with Crippen LogP contribution in [0.3, 0.4) is 0 Å². The number of anilines is 1. The lowest BCUT2D eigenvalue weighted by atomic mass is 10.4. The molecule has 2 aromatic heterocycles. The molecule has 6 nitrogen and oxygen atoms in total. The molecule has 0 amide bonds. The molecule has 0 saturated heterocycles. The van der Waals surface area contributed by atoms with Crippen LogP contribution in [0.5, 0.6) is 0 Å². The molecule has 0 unspecified atom stereocenters. The van der Waals surface area contributed by atoms with E-state index in [9.17, 15) is 4.79 Å². The van der Waals surface area contributed by atoms with E-state index in [-0.39, 0.29) is 18.5 Å². The lowest BCUT2D eigenvalue weighted by molar-refractivity contribution is -0.143. The number of pyridine rings is 1. The zero-order chi connectivity index (χ0) is 12.4. The maximum Gasteiger partial charge on any atom is 0.326 e. The molecule has 2 aromatic rings. The summed E-state index contributed by atoms with van der Waals surface area (Å²) in [5.74, 6) is -0.109. The van der Waals surface area contributed by atoms with Gasteiger partial charge in [-0.05, 0) is 28.9 Å². The maximum atomic E-state index is 11.4. The van der Waals surface area contributed by atoms with Crippen LogP contribution in [0.4, 0.5) is 5.95 Å². The minimum atomic E-state index is -0.358. The number of aromatic nitrogens is 3. The second kappa shape index (κ2) is 4.70. The van der Waals surface area contributed by atoms with E-state index in [2.05, 4.69) is 25.9 Å². The Morgan fingerprint density at radius 1 is 1.65 bits per heavy atom. The molecule has 0 spiro atoms. The van der Waals surface area contributed by atoms with Gasteiger partial charge in [-0.1, -0.05) is 0 Å². The van der Waals surface area contributed by atoms with Crippen molar-refractivity contribution in [3.8, 4) is 0 Å². The third kappa shape index (κ3) is 2.38. The second-order valence-electron chi connectivity index (χ2n) is 3.36. The Morgan fingerprint density at radius 2 is 2.41 bits per heavy atom. The highest BCUT2D eigenvalue weighted by atomic mass is 79.9. The SMILES string of the molecule is CCOC(=O)Cn1c(N)nc2cc(Br)cnc21. The summed E-state index contributed by atoms with van der Waals surface area (Å²) in [6.45, 7) is 2.11. The Hall–Kier alpha value is -1.63. The molecule has 2 heterocycles. The first-order valence-electron chi connectivity index (χ1n) is 5.04. The summed E-state index contributed by atoms with van der Waals surface area (Å²) >= 11 is 3.30. The Morgan fingerprint density at radius 3 is 3.12 bits per heavy atom. The highest BCUT2D eigenvalue weighted by molar-refractivity contribution is 9.10. The Kier molecular flexibility index (Phi) is 3.28. The van der Waals surface area contributed by atoms with Crippen molar-refractivity contribution < 1.29 is 9.53 Å². The van der Waals surface area contributed by atoms with E-state index in [0.29, 0.717) is 17.8 Å². The molecule has 0 aliphatic heterocycles. The number of esters is 1. The molecule has 17 heavy (non-hydrogen) atoms. The molecule has 0 aromatic carbocycles. The van der Waals surface area contributed by atoms with E-state index in [1.54, 1.807) is 19.2 Å². The number of hydrogen-bond acceptors (Lipinski definition) is 5. The van der Waals surface area contributed by atoms with Gasteiger partial charge >= 0.3 is 5.97 Å². The maximum absolute atomic E-state index is 11.4. The van der Waals surface area contributed by atoms with E-state index >= 15 is 0 Å². The van der Waals surface area contributed by atoms with Crippen molar-refractivity contribution in [2.45, 2.75) is 13.5 Å². The van der Waals surface area contributed by atoms with Crippen molar-refractivity contribution in [3.05, 3.63) is 16.7 Å². The molecule has 0 bridgehead atoms. The molecule has 2 rings (SSSR count). The number of ether oxygens (including phenoxy) is 1. The van der Waals surface area contributed by atoms with E-state index in [1.807, 2.05) is 0 Å². The predicted octanol–water partition coefficient (Wildman–Crippen LogP) is 1.34. The van der Waals surface area contributed by atoms with Crippen LogP contribution < -0.4 is 5.73 Å². The van der Waals surface area contributed by atoms with Crippen molar-refractivity contribution in [1.82, 2.24) is 14.5 Å². The average molecular weight is 299 g/mol. The summed E-state index contributed by atoms with van der Waals surface area (Å²) in [5.41, 5.74) is 6.94. The molecule has 0 radical (unpaired) electrons. The first-order valence-corrected chi connectivity index (χ1v) is 5.84. The van der Waals surface area contributed by atoms with Gasteiger partial charge in [-0.25, -0.2) is 9.97 Å². The van der Waals surface area contributed by atoms with E-state index in [0.717, 1.165) is 4.47 Å². The van der Waals surface area contributed by atoms with Crippen molar-refractivity contribution in [1.29, 1.82) is 0 Å². The second-order valence-corrected chi connectivity index (χ2v) is 4.27. The summed E-state index contributed by atoms with van der Waals surface area (Å²) in [5, 5.41) is 0. The molecule has 0 saturated carbocycles. The van der Waals surface area contributed by atoms with Crippen LogP contribution in [0.15, 0.2) is 16.7 Å². The van der Waals surface area contributed by atoms with Crippen molar-refractivity contribution >= 4 is 39.0 Å². The topological polar surface area (TPSA) is 83.0 Å². The molecular formula is C10H11BrN4O2. The number of rotatable bonds is 3.